The lowest BCUT2D eigenvalue weighted by atomic mass is 10.0. The van der Waals surface area contributed by atoms with Gasteiger partial charge in [-0.25, -0.2) is 0 Å². The topological polar surface area (TPSA) is 159 Å². The molecule has 0 saturated heterocycles. The molecule has 0 aromatic heterocycles. The van der Waals surface area contributed by atoms with Crippen molar-refractivity contribution in [3.63, 3.8) is 0 Å². The van der Waals surface area contributed by atoms with Crippen LogP contribution in [0.3, 0.4) is 0 Å². The lowest BCUT2D eigenvalue weighted by molar-refractivity contribution is -0.0545. The number of benzene rings is 1. The summed E-state index contributed by atoms with van der Waals surface area (Å²) in [4.78, 5) is 0. The molecule has 0 spiro atoms. The summed E-state index contributed by atoms with van der Waals surface area (Å²) in [5.74, 6) is 0. The third-order valence-electron chi connectivity index (χ3n) is 2.64. The Bertz CT molecular complexity index is 1080. The van der Waals surface area contributed by atoms with Crippen LogP contribution in [0, 0.1) is 22.7 Å². The summed E-state index contributed by atoms with van der Waals surface area (Å²) in [7, 11) is -12.4. The van der Waals surface area contributed by atoms with E-state index in [0.717, 1.165) is 24.3 Å². The maximum absolute atomic E-state index is 12.2. The predicted octanol–water partition coefficient (Wildman–Crippen LogP) is 1.87. The number of halogens is 6. The Hall–Kier alpha value is -3.38. The number of nitriles is 2. The van der Waals surface area contributed by atoms with Crippen LogP contribution < -0.4 is 0 Å². The fraction of sp³-hybridized carbons (Fsp3) is 0.167. The fourth-order valence-electron chi connectivity index (χ4n) is 1.35. The maximum Gasteiger partial charge on any atom is 0.536 e. The zero-order chi connectivity index (χ0) is 23.4. The van der Waals surface area contributed by atoms with Crippen molar-refractivity contribution in [1.82, 2.24) is 0 Å². The normalized spacial score (nSPS) is 13.9. The number of oxime groups is 2. The molecule has 0 aliphatic carbocycles. The van der Waals surface area contributed by atoms with Crippen molar-refractivity contribution < 1.29 is 51.7 Å². The van der Waals surface area contributed by atoms with E-state index in [9.17, 15) is 43.2 Å². The fourth-order valence-corrected chi connectivity index (χ4v) is 1.86. The average Bonchev–Trinajstić information content (AvgIpc) is 2.61. The van der Waals surface area contributed by atoms with Gasteiger partial charge in [-0.3, -0.25) is 8.57 Å². The van der Waals surface area contributed by atoms with Crippen molar-refractivity contribution in [2.24, 2.45) is 10.3 Å². The molecule has 0 unspecified atom stereocenters. The van der Waals surface area contributed by atoms with Gasteiger partial charge in [0, 0.05) is 11.1 Å². The molecule has 18 heteroatoms. The van der Waals surface area contributed by atoms with Gasteiger partial charge in [0.05, 0.1) is 0 Å². The summed E-state index contributed by atoms with van der Waals surface area (Å²) in [6.45, 7) is 0. The Morgan fingerprint density at radius 2 is 1.13 bits per heavy atom. The standard InChI is InChI=1S/C12H4F6N4O6S2/c13-11(14,15)29(23,24)27-21-9(5-19)7-2-1-3-8(4-7)10(6-20)22-28-30(25,26)12(16,17)18/h1-4H/b21-9-,22-10-. The van der Waals surface area contributed by atoms with E-state index in [-0.39, 0.29) is 0 Å². The molecule has 0 aliphatic rings. The van der Waals surface area contributed by atoms with Gasteiger partial charge in [-0.15, -0.1) is 0 Å². The van der Waals surface area contributed by atoms with Crippen LogP contribution in [0.5, 0.6) is 0 Å². The van der Waals surface area contributed by atoms with Crippen LogP contribution in [0.4, 0.5) is 26.3 Å². The molecule has 0 bridgehead atoms. The molecule has 0 fully saturated rings. The molecule has 162 valence electrons. The van der Waals surface area contributed by atoms with E-state index in [4.69, 9.17) is 10.5 Å². The highest BCUT2D eigenvalue weighted by atomic mass is 32.2. The van der Waals surface area contributed by atoms with E-state index in [2.05, 4.69) is 18.9 Å². The average molecular weight is 478 g/mol. The monoisotopic (exact) mass is 478 g/mol. The number of alkyl halides is 6. The van der Waals surface area contributed by atoms with Crippen molar-refractivity contribution >= 4 is 31.7 Å². The van der Waals surface area contributed by atoms with Gasteiger partial charge in [-0.1, -0.05) is 28.5 Å². The first-order chi connectivity index (χ1) is 13.6. The van der Waals surface area contributed by atoms with Crippen molar-refractivity contribution in [1.29, 1.82) is 10.5 Å². The zero-order valence-electron chi connectivity index (χ0n) is 13.6. The minimum atomic E-state index is -6.19. The Labute approximate surface area is 163 Å². The number of hydrogen-bond donors (Lipinski definition) is 0. The number of hydrogen-bond acceptors (Lipinski definition) is 10. The van der Waals surface area contributed by atoms with E-state index in [1.54, 1.807) is 0 Å². The van der Waals surface area contributed by atoms with Gasteiger partial charge in [-0.05, 0) is 6.07 Å². The molecule has 0 heterocycles. The number of rotatable bonds is 6. The predicted molar refractivity (Wildman–Crippen MR) is 82.9 cm³/mol. The lowest BCUT2D eigenvalue weighted by Gasteiger charge is -2.06. The van der Waals surface area contributed by atoms with E-state index < -0.39 is 53.8 Å². The minimum Gasteiger partial charge on any atom is -0.260 e. The Morgan fingerprint density at radius 3 is 1.40 bits per heavy atom. The highest BCUT2D eigenvalue weighted by Crippen LogP contribution is 2.26. The maximum atomic E-state index is 12.2. The Kier molecular flexibility index (Phi) is 7.03. The summed E-state index contributed by atoms with van der Waals surface area (Å²) in [6, 6.07) is 6.07. The number of nitrogens with zero attached hydrogens (tertiary/aromatic N) is 4. The second-order valence-corrected chi connectivity index (χ2v) is 7.67. The zero-order valence-corrected chi connectivity index (χ0v) is 15.3. The van der Waals surface area contributed by atoms with E-state index in [0.29, 0.717) is 0 Å². The van der Waals surface area contributed by atoms with Crippen LogP contribution in [-0.2, 0) is 28.8 Å². The van der Waals surface area contributed by atoms with Crippen molar-refractivity contribution in [3.8, 4) is 12.1 Å². The molecule has 0 aliphatic heterocycles. The van der Waals surface area contributed by atoms with Crippen molar-refractivity contribution in [2.75, 3.05) is 0 Å². The second kappa shape index (κ2) is 8.55. The highest BCUT2D eigenvalue weighted by Gasteiger charge is 2.49. The van der Waals surface area contributed by atoms with Crippen molar-refractivity contribution in [2.45, 2.75) is 11.0 Å². The Morgan fingerprint density at radius 1 is 0.800 bits per heavy atom. The summed E-state index contributed by atoms with van der Waals surface area (Å²) >= 11 is 0. The van der Waals surface area contributed by atoms with E-state index >= 15 is 0 Å². The third-order valence-corrected chi connectivity index (χ3v) is 4.32. The molecule has 0 radical (unpaired) electrons. The van der Waals surface area contributed by atoms with E-state index in [1.807, 2.05) is 0 Å². The van der Waals surface area contributed by atoms with Gasteiger partial charge in [-0.2, -0.15) is 53.7 Å². The molecule has 1 aromatic rings. The van der Waals surface area contributed by atoms with Crippen LogP contribution in [0.2, 0.25) is 0 Å². The van der Waals surface area contributed by atoms with Gasteiger partial charge < -0.3 is 0 Å². The molecule has 0 amide bonds. The van der Waals surface area contributed by atoms with Crippen molar-refractivity contribution in [3.05, 3.63) is 35.4 Å². The molecular weight excluding hydrogens is 474 g/mol. The van der Waals surface area contributed by atoms with Crippen LogP contribution in [0.1, 0.15) is 11.1 Å². The van der Waals surface area contributed by atoms with Gasteiger partial charge in [0.2, 0.25) is 0 Å². The molecule has 0 atom stereocenters. The van der Waals surface area contributed by atoms with Gasteiger partial charge >= 0.3 is 31.3 Å². The first-order valence-electron chi connectivity index (χ1n) is 6.62. The van der Waals surface area contributed by atoms with Crippen LogP contribution in [-0.4, -0.2) is 39.3 Å². The summed E-state index contributed by atoms with van der Waals surface area (Å²) in [5.41, 5.74) is -14.7. The molecule has 10 nitrogen and oxygen atoms in total. The van der Waals surface area contributed by atoms with Crippen LogP contribution in [0.25, 0.3) is 0 Å². The summed E-state index contributed by atoms with van der Waals surface area (Å²) < 4.78 is 123. The van der Waals surface area contributed by atoms with Gasteiger partial charge in [0.25, 0.3) is 0 Å². The van der Waals surface area contributed by atoms with Crippen LogP contribution >= 0.6 is 0 Å². The lowest BCUT2D eigenvalue weighted by Crippen LogP contribution is -2.24. The van der Waals surface area contributed by atoms with E-state index in [1.165, 1.54) is 12.1 Å². The first-order valence-corrected chi connectivity index (χ1v) is 9.44. The molecular formula is C12H4F6N4O6S2. The summed E-state index contributed by atoms with van der Waals surface area (Å²) in [6.07, 6.45) is 0. The molecule has 1 aromatic carbocycles. The quantitative estimate of drug-likeness (QED) is 0.259. The van der Waals surface area contributed by atoms with Gasteiger partial charge in [0.1, 0.15) is 12.1 Å². The molecule has 1 rings (SSSR count). The Balaban J connectivity index is 3.31. The summed E-state index contributed by atoms with van der Waals surface area (Å²) in [5, 5.41) is 22.9. The third kappa shape index (κ3) is 5.81. The molecule has 0 N–H and O–H groups in total. The van der Waals surface area contributed by atoms with Gasteiger partial charge in [0.15, 0.2) is 11.4 Å². The smallest absolute Gasteiger partial charge is 0.260 e. The molecule has 0 saturated carbocycles. The largest absolute Gasteiger partial charge is 0.536 e. The SMILES string of the molecule is N#C/C(=N/OS(=O)(=O)C(F)(F)F)c1cccc(/C(C#N)=N\OS(=O)(=O)C(F)(F)F)c1. The molecule has 30 heavy (non-hydrogen) atoms. The highest BCUT2D eigenvalue weighted by molar-refractivity contribution is 7.87. The minimum absolute atomic E-state index is 0.464. The van der Waals surface area contributed by atoms with Crippen LogP contribution in [0.15, 0.2) is 34.6 Å². The first kappa shape index (κ1) is 24.7. The second-order valence-electron chi connectivity index (χ2n) is 4.63.